The van der Waals surface area contributed by atoms with E-state index >= 15 is 0 Å². The van der Waals surface area contributed by atoms with Gasteiger partial charge in [0.1, 0.15) is 0 Å². The highest BCUT2D eigenvalue weighted by Gasteiger charge is 2.25. The van der Waals surface area contributed by atoms with E-state index in [1.807, 2.05) is 24.3 Å². The summed E-state index contributed by atoms with van der Waals surface area (Å²) in [5, 5.41) is 2.84. The van der Waals surface area contributed by atoms with Crippen LogP contribution in [0.15, 0.2) is 59.5 Å². The van der Waals surface area contributed by atoms with E-state index in [1.54, 1.807) is 30.3 Å². The second-order valence-electron chi connectivity index (χ2n) is 7.55. The molecule has 2 aliphatic rings. The number of ether oxygens (including phenoxy) is 2. The van der Waals surface area contributed by atoms with Gasteiger partial charge in [-0.3, -0.25) is 4.79 Å². The van der Waals surface area contributed by atoms with Gasteiger partial charge in [0.2, 0.25) is 15.9 Å². The Labute approximate surface area is 188 Å². The number of nitrogens with zero attached hydrogens (tertiary/aromatic N) is 2. The molecule has 0 aromatic heterocycles. The first kappa shape index (κ1) is 22.5. The Bertz CT molecular complexity index is 1040. The lowest BCUT2D eigenvalue weighted by atomic mass is 10.2. The van der Waals surface area contributed by atoms with E-state index in [-0.39, 0.29) is 10.8 Å². The molecule has 8 nitrogen and oxygen atoms in total. The van der Waals surface area contributed by atoms with Crippen molar-refractivity contribution in [3.05, 3.63) is 60.2 Å². The number of anilines is 2. The van der Waals surface area contributed by atoms with E-state index in [9.17, 15) is 13.2 Å². The number of carbonyl (C=O) groups excluding carboxylic acids is 1. The number of hydrogen-bond donors (Lipinski definition) is 1. The Hall–Kier alpha value is -2.72. The SMILES string of the molecule is O=C(C=Cc1ccc(S(=O)(=O)N2CCOCC2)cc1)Nc1ccc(N2CCOCC2)cc1. The molecule has 0 spiro atoms. The molecule has 0 radical (unpaired) electrons. The molecule has 0 unspecified atom stereocenters. The highest BCUT2D eigenvalue weighted by atomic mass is 32.2. The van der Waals surface area contributed by atoms with Crippen molar-refractivity contribution in [2.75, 3.05) is 62.8 Å². The summed E-state index contributed by atoms with van der Waals surface area (Å²) >= 11 is 0. The van der Waals surface area contributed by atoms with Gasteiger partial charge in [0.25, 0.3) is 0 Å². The van der Waals surface area contributed by atoms with Gasteiger partial charge >= 0.3 is 0 Å². The molecule has 32 heavy (non-hydrogen) atoms. The van der Waals surface area contributed by atoms with Crippen LogP contribution < -0.4 is 10.2 Å². The molecular weight excluding hydrogens is 430 g/mol. The van der Waals surface area contributed by atoms with Crippen LogP contribution in [0.4, 0.5) is 11.4 Å². The van der Waals surface area contributed by atoms with Crippen LogP contribution in [-0.4, -0.2) is 71.2 Å². The van der Waals surface area contributed by atoms with Crippen molar-refractivity contribution in [2.45, 2.75) is 4.90 Å². The van der Waals surface area contributed by atoms with Gasteiger partial charge in [0.15, 0.2) is 0 Å². The molecule has 0 atom stereocenters. The Morgan fingerprint density at radius 2 is 1.44 bits per heavy atom. The van der Waals surface area contributed by atoms with Crippen molar-refractivity contribution in [1.82, 2.24) is 4.31 Å². The smallest absolute Gasteiger partial charge is 0.248 e. The summed E-state index contributed by atoms with van der Waals surface area (Å²) in [6.45, 7) is 4.71. The quantitative estimate of drug-likeness (QED) is 0.669. The van der Waals surface area contributed by atoms with E-state index < -0.39 is 10.0 Å². The standard InChI is InChI=1S/C23H27N3O5S/c27-23(24-20-4-6-21(7-5-20)25-11-15-30-16-12-25)10-3-19-1-8-22(9-2-19)32(28,29)26-13-17-31-18-14-26/h1-10H,11-18H2,(H,24,27). The largest absolute Gasteiger partial charge is 0.379 e. The van der Waals surface area contributed by atoms with Crippen molar-refractivity contribution in [3.63, 3.8) is 0 Å². The minimum Gasteiger partial charge on any atom is -0.379 e. The van der Waals surface area contributed by atoms with Crippen LogP contribution in [0.3, 0.4) is 0 Å². The first-order valence-corrected chi connectivity index (χ1v) is 12.1. The van der Waals surface area contributed by atoms with Crippen LogP contribution in [0.25, 0.3) is 6.08 Å². The molecule has 0 bridgehead atoms. The highest BCUT2D eigenvalue weighted by Crippen LogP contribution is 2.20. The predicted octanol–water partition coefficient (Wildman–Crippen LogP) is 2.20. The zero-order chi connectivity index (χ0) is 22.4. The maximum Gasteiger partial charge on any atom is 0.248 e. The fraction of sp³-hybridized carbons (Fsp3) is 0.348. The molecule has 9 heteroatoms. The number of amides is 1. The fourth-order valence-corrected chi connectivity index (χ4v) is 5.03. The van der Waals surface area contributed by atoms with Gasteiger partial charge in [-0.05, 0) is 48.0 Å². The van der Waals surface area contributed by atoms with Crippen LogP contribution in [0.1, 0.15) is 5.56 Å². The Morgan fingerprint density at radius 3 is 2.06 bits per heavy atom. The summed E-state index contributed by atoms with van der Waals surface area (Å²) in [5.41, 5.74) is 2.56. The van der Waals surface area contributed by atoms with Gasteiger partial charge in [-0.15, -0.1) is 0 Å². The number of hydrogen-bond acceptors (Lipinski definition) is 6. The first-order chi connectivity index (χ1) is 15.5. The summed E-state index contributed by atoms with van der Waals surface area (Å²) < 4.78 is 37.4. The molecule has 1 N–H and O–H groups in total. The second kappa shape index (κ2) is 10.3. The monoisotopic (exact) mass is 457 g/mol. The lowest BCUT2D eigenvalue weighted by Crippen LogP contribution is -2.40. The zero-order valence-electron chi connectivity index (χ0n) is 17.8. The fourth-order valence-electron chi connectivity index (χ4n) is 3.62. The molecular formula is C23H27N3O5S. The number of sulfonamides is 1. The number of rotatable bonds is 6. The van der Waals surface area contributed by atoms with Gasteiger partial charge in [-0.1, -0.05) is 12.1 Å². The molecule has 2 aromatic rings. The van der Waals surface area contributed by atoms with Gasteiger partial charge in [0, 0.05) is 43.6 Å². The molecule has 1 amide bonds. The number of carbonyl (C=O) groups is 1. The van der Waals surface area contributed by atoms with E-state index in [0.717, 1.165) is 37.6 Å². The molecule has 2 aromatic carbocycles. The summed E-state index contributed by atoms with van der Waals surface area (Å²) in [5.74, 6) is -0.255. The van der Waals surface area contributed by atoms with E-state index in [4.69, 9.17) is 9.47 Å². The van der Waals surface area contributed by atoms with Crippen LogP contribution in [-0.2, 0) is 24.3 Å². The van der Waals surface area contributed by atoms with E-state index in [2.05, 4.69) is 10.2 Å². The third-order valence-corrected chi connectivity index (χ3v) is 7.34. The summed E-state index contributed by atoms with van der Waals surface area (Å²) in [6.07, 6.45) is 3.09. The lowest BCUT2D eigenvalue weighted by Gasteiger charge is -2.28. The highest BCUT2D eigenvalue weighted by molar-refractivity contribution is 7.89. The first-order valence-electron chi connectivity index (χ1n) is 10.6. The molecule has 2 aliphatic heterocycles. The van der Waals surface area contributed by atoms with Crippen LogP contribution in [0, 0.1) is 0 Å². The molecule has 170 valence electrons. The molecule has 2 heterocycles. The topological polar surface area (TPSA) is 88.2 Å². The number of morpholine rings is 2. The van der Waals surface area contributed by atoms with Crippen LogP contribution >= 0.6 is 0 Å². The summed E-state index contributed by atoms with van der Waals surface area (Å²) in [6, 6.07) is 14.2. The predicted molar refractivity (Wildman–Crippen MR) is 123 cm³/mol. The second-order valence-corrected chi connectivity index (χ2v) is 9.49. The van der Waals surface area contributed by atoms with Crippen LogP contribution in [0.2, 0.25) is 0 Å². The molecule has 0 aliphatic carbocycles. The summed E-state index contributed by atoms with van der Waals surface area (Å²) in [7, 11) is -3.52. The average molecular weight is 458 g/mol. The number of benzene rings is 2. The van der Waals surface area contributed by atoms with Crippen molar-refractivity contribution in [1.29, 1.82) is 0 Å². The third kappa shape index (κ3) is 5.55. The Kier molecular flexibility index (Phi) is 7.21. The van der Waals surface area contributed by atoms with Crippen molar-refractivity contribution in [2.24, 2.45) is 0 Å². The van der Waals surface area contributed by atoms with Crippen molar-refractivity contribution >= 4 is 33.4 Å². The molecule has 2 saturated heterocycles. The van der Waals surface area contributed by atoms with Crippen molar-refractivity contribution < 1.29 is 22.7 Å². The van der Waals surface area contributed by atoms with E-state index in [0.29, 0.717) is 32.0 Å². The minimum atomic E-state index is -3.52. The normalized spacial score (nSPS) is 18.1. The van der Waals surface area contributed by atoms with Crippen molar-refractivity contribution in [3.8, 4) is 0 Å². The van der Waals surface area contributed by atoms with Gasteiger partial charge in [-0.2, -0.15) is 4.31 Å². The minimum absolute atomic E-state index is 0.237. The van der Waals surface area contributed by atoms with Crippen LogP contribution in [0.5, 0.6) is 0 Å². The molecule has 0 saturated carbocycles. The van der Waals surface area contributed by atoms with E-state index in [1.165, 1.54) is 10.4 Å². The maximum absolute atomic E-state index is 12.7. The Balaban J connectivity index is 1.33. The molecule has 2 fully saturated rings. The maximum atomic E-state index is 12.7. The van der Waals surface area contributed by atoms with Gasteiger partial charge in [-0.25, -0.2) is 8.42 Å². The average Bonchev–Trinajstić information content (AvgIpc) is 2.84. The Morgan fingerprint density at radius 1 is 0.844 bits per heavy atom. The third-order valence-electron chi connectivity index (χ3n) is 5.43. The number of nitrogens with one attached hydrogen (secondary N) is 1. The van der Waals surface area contributed by atoms with Gasteiger partial charge < -0.3 is 19.7 Å². The lowest BCUT2D eigenvalue weighted by molar-refractivity contribution is -0.111. The van der Waals surface area contributed by atoms with Gasteiger partial charge in [0.05, 0.1) is 31.3 Å². The molecule has 4 rings (SSSR count). The summed E-state index contributed by atoms with van der Waals surface area (Å²) in [4.78, 5) is 14.8. The zero-order valence-corrected chi connectivity index (χ0v) is 18.6.